The molecule has 0 aliphatic rings. The molecule has 0 aliphatic carbocycles. The van der Waals surface area contributed by atoms with Crippen LogP contribution in [-0.2, 0) is 9.59 Å². The lowest BCUT2D eigenvalue weighted by Crippen LogP contribution is -2.25. The van der Waals surface area contributed by atoms with E-state index in [1.165, 1.54) is 0 Å². The zero-order valence-corrected chi connectivity index (χ0v) is 9.13. The van der Waals surface area contributed by atoms with Crippen LogP contribution in [0.4, 0.5) is 0 Å². The van der Waals surface area contributed by atoms with Crippen molar-refractivity contribution in [3.63, 3.8) is 0 Å². The van der Waals surface area contributed by atoms with Crippen molar-refractivity contribution >= 4 is 11.8 Å². The van der Waals surface area contributed by atoms with E-state index in [0.29, 0.717) is 32.4 Å². The molecule has 0 saturated heterocycles. The minimum atomic E-state index is -0.327. The van der Waals surface area contributed by atoms with Crippen LogP contribution >= 0.6 is 0 Å². The number of carbonyl (C=O) groups is 2. The molecule has 0 atom stereocenters. The standard InChI is InChI=1S/C10H21N3O2/c11-7-3-1-2-6-10(15)13-8-4-5-9(12)14/h1-8,11H2,(H2,12,14)(H,13,15). The molecule has 0 spiro atoms. The first-order chi connectivity index (χ1) is 7.16. The van der Waals surface area contributed by atoms with E-state index in [4.69, 9.17) is 11.5 Å². The fraction of sp³-hybridized carbons (Fsp3) is 0.800. The van der Waals surface area contributed by atoms with Gasteiger partial charge in [0.2, 0.25) is 11.8 Å². The Balaban J connectivity index is 3.22. The molecule has 5 nitrogen and oxygen atoms in total. The van der Waals surface area contributed by atoms with Crippen molar-refractivity contribution in [3.05, 3.63) is 0 Å². The molecule has 0 saturated carbocycles. The summed E-state index contributed by atoms with van der Waals surface area (Å²) in [6.07, 6.45) is 4.31. The van der Waals surface area contributed by atoms with E-state index >= 15 is 0 Å². The second-order valence-corrected chi connectivity index (χ2v) is 3.52. The third-order valence-corrected chi connectivity index (χ3v) is 2.03. The molecular formula is C10H21N3O2. The first kappa shape index (κ1) is 13.9. The molecule has 0 aliphatic heterocycles. The molecule has 88 valence electrons. The lowest BCUT2D eigenvalue weighted by molar-refractivity contribution is -0.122. The summed E-state index contributed by atoms with van der Waals surface area (Å²) in [5, 5.41) is 2.74. The minimum absolute atomic E-state index is 0.0384. The maximum absolute atomic E-state index is 11.2. The largest absolute Gasteiger partial charge is 0.370 e. The predicted molar refractivity (Wildman–Crippen MR) is 59.0 cm³/mol. The van der Waals surface area contributed by atoms with E-state index in [1.807, 2.05) is 0 Å². The number of nitrogens with two attached hydrogens (primary N) is 2. The summed E-state index contributed by atoms with van der Waals surface area (Å²) in [5.41, 5.74) is 10.3. The summed E-state index contributed by atoms with van der Waals surface area (Å²) >= 11 is 0. The number of unbranched alkanes of at least 4 members (excludes halogenated alkanes) is 2. The molecule has 15 heavy (non-hydrogen) atoms. The highest BCUT2D eigenvalue weighted by Gasteiger charge is 2.00. The van der Waals surface area contributed by atoms with Crippen molar-refractivity contribution in [2.75, 3.05) is 13.1 Å². The van der Waals surface area contributed by atoms with Gasteiger partial charge in [-0.1, -0.05) is 6.42 Å². The third-order valence-electron chi connectivity index (χ3n) is 2.03. The molecule has 0 aromatic carbocycles. The van der Waals surface area contributed by atoms with Crippen LogP contribution in [0, 0.1) is 0 Å². The summed E-state index contributed by atoms with van der Waals surface area (Å²) < 4.78 is 0. The smallest absolute Gasteiger partial charge is 0.219 e. The lowest BCUT2D eigenvalue weighted by atomic mass is 10.2. The Hall–Kier alpha value is -1.10. The first-order valence-electron chi connectivity index (χ1n) is 5.42. The zero-order valence-electron chi connectivity index (χ0n) is 9.13. The van der Waals surface area contributed by atoms with Crippen molar-refractivity contribution in [1.82, 2.24) is 5.32 Å². The average Bonchev–Trinajstić information content (AvgIpc) is 2.19. The minimum Gasteiger partial charge on any atom is -0.370 e. The third kappa shape index (κ3) is 10.8. The van der Waals surface area contributed by atoms with Gasteiger partial charge in [0.1, 0.15) is 0 Å². The van der Waals surface area contributed by atoms with Crippen LogP contribution in [0.15, 0.2) is 0 Å². The molecule has 0 radical (unpaired) electrons. The molecule has 0 rings (SSSR count). The van der Waals surface area contributed by atoms with Gasteiger partial charge in [0.15, 0.2) is 0 Å². The molecule has 0 fully saturated rings. The van der Waals surface area contributed by atoms with Crippen LogP contribution < -0.4 is 16.8 Å². The molecular weight excluding hydrogens is 194 g/mol. The van der Waals surface area contributed by atoms with Gasteiger partial charge in [0.25, 0.3) is 0 Å². The van der Waals surface area contributed by atoms with Crippen molar-refractivity contribution in [1.29, 1.82) is 0 Å². The number of hydrogen-bond donors (Lipinski definition) is 3. The summed E-state index contributed by atoms with van der Waals surface area (Å²) in [4.78, 5) is 21.6. The van der Waals surface area contributed by atoms with Crippen molar-refractivity contribution in [2.45, 2.75) is 38.5 Å². The zero-order chi connectivity index (χ0) is 11.5. The van der Waals surface area contributed by atoms with Crippen LogP contribution in [0.1, 0.15) is 38.5 Å². The quantitative estimate of drug-likeness (QED) is 0.468. The molecule has 5 heteroatoms. The van der Waals surface area contributed by atoms with E-state index in [-0.39, 0.29) is 11.8 Å². The number of hydrogen-bond acceptors (Lipinski definition) is 3. The second-order valence-electron chi connectivity index (χ2n) is 3.52. The number of rotatable bonds is 9. The molecule has 5 N–H and O–H groups in total. The summed E-state index contributed by atoms with van der Waals surface area (Å²) in [7, 11) is 0. The topological polar surface area (TPSA) is 98.2 Å². The van der Waals surface area contributed by atoms with E-state index < -0.39 is 0 Å². The van der Waals surface area contributed by atoms with Gasteiger partial charge < -0.3 is 16.8 Å². The average molecular weight is 215 g/mol. The number of amides is 2. The van der Waals surface area contributed by atoms with E-state index in [0.717, 1.165) is 19.3 Å². The Morgan fingerprint density at radius 2 is 1.73 bits per heavy atom. The predicted octanol–water partition coefficient (Wildman–Crippen LogP) is -0.113. The van der Waals surface area contributed by atoms with Gasteiger partial charge in [-0.05, 0) is 25.8 Å². The highest BCUT2D eigenvalue weighted by atomic mass is 16.2. The monoisotopic (exact) mass is 215 g/mol. The Kier molecular flexibility index (Phi) is 8.76. The fourth-order valence-electron chi connectivity index (χ4n) is 1.19. The molecule has 2 amide bonds. The number of carbonyl (C=O) groups excluding carboxylic acids is 2. The Labute approximate surface area is 90.6 Å². The van der Waals surface area contributed by atoms with Crippen LogP contribution in [-0.4, -0.2) is 24.9 Å². The number of primary amides is 1. The van der Waals surface area contributed by atoms with Crippen LogP contribution in [0.3, 0.4) is 0 Å². The highest BCUT2D eigenvalue weighted by molar-refractivity contribution is 5.76. The van der Waals surface area contributed by atoms with Gasteiger partial charge in [-0.3, -0.25) is 9.59 Å². The normalized spacial score (nSPS) is 9.93. The summed E-state index contributed by atoms with van der Waals surface area (Å²) in [6, 6.07) is 0. The first-order valence-corrected chi connectivity index (χ1v) is 5.42. The maximum Gasteiger partial charge on any atom is 0.219 e. The molecule has 0 aromatic rings. The van der Waals surface area contributed by atoms with Crippen molar-refractivity contribution < 1.29 is 9.59 Å². The van der Waals surface area contributed by atoms with Gasteiger partial charge >= 0.3 is 0 Å². The van der Waals surface area contributed by atoms with E-state index in [2.05, 4.69) is 5.32 Å². The van der Waals surface area contributed by atoms with Crippen molar-refractivity contribution in [2.24, 2.45) is 11.5 Å². The van der Waals surface area contributed by atoms with Crippen LogP contribution in [0.5, 0.6) is 0 Å². The lowest BCUT2D eigenvalue weighted by Gasteiger charge is -2.03. The Morgan fingerprint density at radius 1 is 1.00 bits per heavy atom. The fourth-order valence-corrected chi connectivity index (χ4v) is 1.19. The second kappa shape index (κ2) is 9.45. The molecule has 0 bridgehead atoms. The summed E-state index contributed by atoms with van der Waals surface area (Å²) in [5.74, 6) is -0.288. The summed E-state index contributed by atoms with van der Waals surface area (Å²) in [6.45, 7) is 1.21. The van der Waals surface area contributed by atoms with Gasteiger partial charge in [-0.25, -0.2) is 0 Å². The Morgan fingerprint density at radius 3 is 2.33 bits per heavy atom. The Bertz CT molecular complexity index is 195. The van der Waals surface area contributed by atoms with Gasteiger partial charge in [-0.15, -0.1) is 0 Å². The van der Waals surface area contributed by atoms with E-state index in [1.54, 1.807) is 0 Å². The molecule has 0 unspecified atom stereocenters. The molecule has 0 aromatic heterocycles. The van der Waals surface area contributed by atoms with Gasteiger partial charge in [0, 0.05) is 19.4 Å². The highest BCUT2D eigenvalue weighted by Crippen LogP contribution is 1.98. The van der Waals surface area contributed by atoms with Gasteiger partial charge in [-0.2, -0.15) is 0 Å². The number of nitrogens with one attached hydrogen (secondary N) is 1. The maximum atomic E-state index is 11.2. The van der Waals surface area contributed by atoms with Crippen LogP contribution in [0.25, 0.3) is 0 Å². The van der Waals surface area contributed by atoms with E-state index in [9.17, 15) is 9.59 Å². The SMILES string of the molecule is NCCCCCC(=O)NCCCC(N)=O. The van der Waals surface area contributed by atoms with Crippen LogP contribution in [0.2, 0.25) is 0 Å². The van der Waals surface area contributed by atoms with Gasteiger partial charge in [0.05, 0.1) is 0 Å². The van der Waals surface area contributed by atoms with Crippen molar-refractivity contribution in [3.8, 4) is 0 Å². The molecule has 0 heterocycles.